The Morgan fingerprint density at radius 2 is 2.07 bits per heavy atom. The summed E-state index contributed by atoms with van der Waals surface area (Å²) in [5.41, 5.74) is 0. The normalized spacial score (nSPS) is 12.2. The van der Waals surface area contributed by atoms with Crippen molar-refractivity contribution in [1.82, 2.24) is 0 Å². The molecule has 73 valence electrons. The molecule has 2 aromatic rings. The van der Waals surface area contributed by atoms with E-state index in [1.165, 1.54) is 15.0 Å². The van der Waals surface area contributed by atoms with Crippen molar-refractivity contribution in [3.63, 3.8) is 0 Å². The highest BCUT2D eigenvalue weighted by atomic mass is 32.2. The van der Waals surface area contributed by atoms with Crippen LogP contribution in [-0.4, -0.2) is 4.75 Å². The lowest BCUT2D eigenvalue weighted by molar-refractivity contribution is 0.803. The maximum absolute atomic E-state index is 3.16. The van der Waals surface area contributed by atoms with Gasteiger partial charge in [-0.25, -0.2) is 0 Å². The third-order valence-electron chi connectivity index (χ3n) is 1.79. The fraction of sp³-hybridized carbons (Fsp3) is 0.333. The first-order valence-electron chi connectivity index (χ1n) is 4.63. The zero-order valence-electron chi connectivity index (χ0n) is 8.63. The summed E-state index contributed by atoms with van der Waals surface area (Å²) < 4.78 is 1.61. The lowest BCUT2D eigenvalue weighted by Crippen LogP contribution is -2.06. The summed E-state index contributed by atoms with van der Waals surface area (Å²) in [6, 6.07) is 8.69. The van der Waals surface area contributed by atoms with Gasteiger partial charge in [0.2, 0.25) is 0 Å². The van der Waals surface area contributed by atoms with E-state index >= 15 is 0 Å². The monoisotopic (exact) mass is 221 g/mol. The van der Waals surface area contributed by atoms with Crippen LogP contribution in [0.3, 0.4) is 0 Å². The van der Waals surface area contributed by atoms with Crippen LogP contribution in [0.1, 0.15) is 20.8 Å². The molecule has 0 bridgehead atoms. The molecule has 1 radical (unpaired) electrons. The van der Waals surface area contributed by atoms with Gasteiger partial charge in [0.05, 0.1) is 0 Å². The minimum atomic E-state index is 0.285. The summed E-state index contributed by atoms with van der Waals surface area (Å²) in [4.78, 5) is 1.34. The molecule has 0 amide bonds. The largest absolute Gasteiger partial charge is 0.134 e. The molecule has 0 nitrogen and oxygen atoms in total. The number of hydrogen-bond acceptors (Lipinski definition) is 2. The van der Waals surface area contributed by atoms with Crippen LogP contribution in [0, 0.1) is 5.38 Å². The summed E-state index contributed by atoms with van der Waals surface area (Å²) in [6.45, 7) is 6.71. The molecule has 0 saturated carbocycles. The number of rotatable bonds is 1. The van der Waals surface area contributed by atoms with Crippen LogP contribution < -0.4 is 0 Å². The predicted octanol–water partition coefficient (Wildman–Crippen LogP) is 4.59. The molecule has 0 N–H and O–H groups in total. The van der Waals surface area contributed by atoms with Crippen LogP contribution in [0.5, 0.6) is 0 Å². The van der Waals surface area contributed by atoms with Gasteiger partial charge in [0, 0.05) is 19.7 Å². The Morgan fingerprint density at radius 3 is 2.79 bits per heavy atom. The van der Waals surface area contributed by atoms with Crippen LogP contribution in [-0.2, 0) is 0 Å². The van der Waals surface area contributed by atoms with E-state index in [1.807, 2.05) is 11.8 Å². The third kappa shape index (κ3) is 2.31. The number of thioether (sulfide) groups is 1. The van der Waals surface area contributed by atoms with E-state index in [-0.39, 0.29) is 4.75 Å². The number of benzene rings is 1. The number of fused-ring (bicyclic) bond motifs is 1. The number of hydrogen-bond donors (Lipinski definition) is 0. The molecule has 0 aliphatic rings. The van der Waals surface area contributed by atoms with Gasteiger partial charge in [0.25, 0.3) is 0 Å². The van der Waals surface area contributed by atoms with E-state index < -0.39 is 0 Å². The Bertz CT molecular complexity index is 435. The van der Waals surface area contributed by atoms with Gasteiger partial charge in [-0.2, -0.15) is 0 Å². The van der Waals surface area contributed by atoms with Crippen molar-refractivity contribution in [1.29, 1.82) is 0 Å². The van der Waals surface area contributed by atoms with E-state index in [9.17, 15) is 0 Å². The van der Waals surface area contributed by atoms with Gasteiger partial charge in [-0.1, -0.05) is 20.8 Å². The van der Waals surface area contributed by atoms with Gasteiger partial charge < -0.3 is 0 Å². The van der Waals surface area contributed by atoms with Crippen LogP contribution in [0.2, 0.25) is 0 Å². The molecule has 0 aliphatic carbocycles. The zero-order chi connectivity index (χ0) is 10.2. The smallest absolute Gasteiger partial charge is 0.0455 e. The quantitative estimate of drug-likeness (QED) is 0.635. The van der Waals surface area contributed by atoms with Crippen molar-refractivity contribution in [2.45, 2.75) is 30.4 Å². The highest BCUT2D eigenvalue weighted by molar-refractivity contribution is 8.00. The van der Waals surface area contributed by atoms with Gasteiger partial charge in [-0.15, -0.1) is 23.1 Å². The van der Waals surface area contributed by atoms with Gasteiger partial charge >= 0.3 is 0 Å². The van der Waals surface area contributed by atoms with Crippen LogP contribution in [0.15, 0.2) is 29.2 Å². The van der Waals surface area contributed by atoms with Crippen molar-refractivity contribution < 1.29 is 0 Å². The van der Waals surface area contributed by atoms with Gasteiger partial charge in [0.15, 0.2) is 0 Å². The standard InChI is InChI=1S/C12H13S2/c1-12(2,3)14-10-4-5-11-9(8-10)6-7-13-11/h4-6,8H,1-3H3. The molecule has 0 aliphatic heterocycles. The molecule has 2 heteroatoms. The first-order valence-corrected chi connectivity index (χ1v) is 6.26. The topological polar surface area (TPSA) is 0 Å². The SMILES string of the molecule is CC(C)(C)Sc1ccc2s[c]cc2c1. The second-order valence-corrected chi connectivity index (χ2v) is 7.06. The molecule has 1 aromatic carbocycles. The maximum atomic E-state index is 3.16. The molecular formula is C12H13S2. The molecule has 0 spiro atoms. The molecule has 0 atom stereocenters. The van der Waals surface area contributed by atoms with Crippen molar-refractivity contribution >= 4 is 33.2 Å². The summed E-state index contributed by atoms with van der Waals surface area (Å²) in [7, 11) is 0. The Hall–Kier alpha value is -0.470. The molecular weight excluding hydrogens is 208 g/mol. The van der Waals surface area contributed by atoms with E-state index in [1.54, 1.807) is 11.3 Å². The third-order valence-corrected chi connectivity index (χ3v) is 3.72. The Kier molecular flexibility index (Phi) is 2.58. The van der Waals surface area contributed by atoms with Crippen LogP contribution in [0.25, 0.3) is 10.1 Å². The van der Waals surface area contributed by atoms with Crippen molar-refractivity contribution in [2.75, 3.05) is 0 Å². The molecule has 14 heavy (non-hydrogen) atoms. The molecule has 0 unspecified atom stereocenters. The summed E-state index contributed by atoms with van der Waals surface area (Å²) in [6.07, 6.45) is 0. The minimum absolute atomic E-state index is 0.285. The molecule has 0 fully saturated rings. The van der Waals surface area contributed by atoms with E-state index in [4.69, 9.17) is 0 Å². The lowest BCUT2D eigenvalue weighted by Gasteiger charge is -2.17. The zero-order valence-corrected chi connectivity index (χ0v) is 10.3. The van der Waals surface area contributed by atoms with Crippen molar-refractivity contribution in [3.05, 3.63) is 29.6 Å². The first kappa shape index (κ1) is 10.1. The minimum Gasteiger partial charge on any atom is -0.134 e. The molecule has 1 aromatic heterocycles. The number of thiophene rings is 1. The van der Waals surface area contributed by atoms with E-state index in [2.05, 4.69) is 50.4 Å². The summed E-state index contributed by atoms with van der Waals surface area (Å²) in [5, 5.41) is 4.47. The predicted molar refractivity (Wildman–Crippen MR) is 66.3 cm³/mol. The van der Waals surface area contributed by atoms with Gasteiger partial charge in [-0.05, 0) is 29.7 Å². The molecule has 1 heterocycles. The maximum Gasteiger partial charge on any atom is 0.0455 e. The van der Waals surface area contributed by atoms with Crippen molar-refractivity contribution in [2.24, 2.45) is 0 Å². The van der Waals surface area contributed by atoms with E-state index in [0.29, 0.717) is 0 Å². The highest BCUT2D eigenvalue weighted by Gasteiger charge is 2.12. The Balaban J connectivity index is 2.35. The first-order chi connectivity index (χ1) is 6.54. The molecule has 2 rings (SSSR count). The summed E-state index contributed by atoms with van der Waals surface area (Å²) >= 11 is 3.59. The second kappa shape index (κ2) is 3.59. The van der Waals surface area contributed by atoms with Gasteiger partial charge in [0.1, 0.15) is 0 Å². The van der Waals surface area contributed by atoms with Crippen LogP contribution >= 0.6 is 23.1 Å². The average molecular weight is 221 g/mol. The van der Waals surface area contributed by atoms with Crippen LogP contribution in [0.4, 0.5) is 0 Å². The Morgan fingerprint density at radius 1 is 1.29 bits per heavy atom. The Labute approximate surface area is 93.3 Å². The summed E-state index contributed by atoms with van der Waals surface area (Å²) in [5.74, 6) is 0. The lowest BCUT2D eigenvalue weighted by atomic mass is 10.2. The van der Waals surface area contributed by atoms with Crippen molar-refractivity contribution in [3.8, 4) is 0 Å². The van der Waals surface area contributed by atoms with E-state index in [0.717, 1.165) is 0 Å². The highest BCUT2D eigenvalue weighted by Crippen LogP contribution is 2.34. The average Bonchev–Trinajstić information content (AvgIpc) is 2.47. The molecule has 0 saturated heterocycles. The fourth-order valence-corrected chi connectivity index (χ4v) is 3.02. The fourth-order valence-electron chi connectivity index (χ4n) is 1.31. The van der Waals surface area contributed by atoms with Gasteiger partial charge in [-0.3, -0.25) is 0 Å². The second-order valence-electron chi connectivity index (χ2n) is 4.28.